The molecule has 2 aromatic carbocycles. The minimum atomic E-state index is 0.492. The molecule has 0 bridgehead atoms. The fourth-order valence-corrected chi connectivity index (χ4v) is 2.26. The van der Waals surface area contributed by atoms with Crippen LogP contribution in [-0.4, -0.2) is 13.2 Å². The van der Waals surface area contributed by atoms with Crippen LogP contribution >= 0.6 is 0 Å². The summed E-state index contributed by atoms with van der Waals surface area (Å²) in [5, 5.41) is 3.46. The highest BCUT2D eigenvalue weighted by Crippen LogP contribution is 2.32. The second-order valence-corrected chi connectivity index (χ2v) is 5.39. The molecule has 2 rings (SSSR count). The molecule has 0 aliphatic heterocycles. The van der Waals surface area contributed by atoms with Crippen LogP contribution in [0.2, 0.25) is 0 Å². The van der Waals surface area contributed by atoms with Gasteiger partial charge in [-0.25, -0.2) is 0 Å². The third kappa shape index (κ3) is 3.40. The summed E-state index contributed by atoms with van der Waals surface area (Å²) in [6, 6.07) is 15.3. The second-order valence-electron chi connectivity index (χ2n) is 5.39. The van der Waals surface area contributed by atoms with Crippen molar-refractivity contribution in [3.63, 3.8) is 0 Å². The number of ether oxygens (including phenoxy) is 1. The van der Waals surface area contributed by atoms with Crippen LogP contribution in [0.5, 0.6) is 5.75 Å². The van der Waals surface area contributed by atoms with Gasteiger partial charge in [-0.15, -0.1) is 0 Å². The van der Waals surface area contributed by atoms with Gasteiger partial charge in [0.2, 0.25) is 0 Å². The van der Waals surface area contributed by atoms with Crippen molar-refractivity contribution >= 4 is 0 Å². The van der Waals surface area contributed by atoms with Gasteiger partial charge in [0.15, 0.2) is 0 Å². The smallest absolute Gasteiger partial charge is 0.126 e. The Balaban J connectivity index is 2.37. The number of aryl methyl sites for hydroxylation is 1. The molecule has 20 heavy (non-hydrogen) atoms. The van der Waals surface area contributed by atoms with Crippen LogP contribution in [0.1, 0.15) is 25.0 Å². The third-order valence-corrected chi connectivity index (χ3v) is 3.41. The largest absolute Gasteiger partial charge is 0.496 e. The zero-order valence-electron chi connectivity index (χ0n) is 12.7. The monoisotopic (exact) mass is 269 g/mol. The first kappa shape index (κ1) is 14.6. The van der Waals surface area contributed by atoms with Gasteiger partial charge in [0, 0.05) is 18.2 Å². The summed E-state index contributed by atoms with van der Waals surface area (Å²) in [5.74, 6) is 0.921. The predicted molar refractivity (Wildman–Crippen MR) is 85.1 cm³/mol. The van der Waals surface area contributed by atoms with E-state index >= 15 is 0 Å². The molecule has 0 atom stereocenters. The number of methoxy groups -OCH3 is 1. The molecule has 2 heteroatoms. The van der Waals surface area contributed by atoms with E-state index in [9.17, 15) is 0 Å². The summed E-state index contributed by atoms with van der Waals surface area (Å²) < 4.78 is 5.48. The zero-order valence-corrected chi connectivity index (χ0v) is 12.7. The Labute approximate surface area is 121 Å². The van der Waals surface area contributed by atoms with Gasteiger partial charge in [-0.05, 0) is 35.7 Å². The zero-order chi connectivity index (χ0) is 14.5. The number of benzene rings is 2. The van der Waals surface area contributed by atoms with Crippen molar-refractivity contribution in [3.05, 3.63) is 53.6 Å². The van der Waals surface area contributed by atoms with Gasteiger partial charge in [0.1, 0.15) is 5.75 Å². The summed E-state index contributed by atoms with van der Waals surface area (Å²) in [7, 11) is 1.72. The molecule has 0 saturated heterocycles. The van der Waals surface area contributed by atoms with Gasteiger partial charge < -0.3 is 10.1 Å². The molecule has 0 radical (unpaired) electrons. The van der Waals surface area contributed by atoms with E-state index in [0.717, 1.165) is 17.9 Å². The van der Waals surface area contributed by atoms with Gasteiger partial charge in [-0.3, -0.25) is 0 Å². The highest BCUT2D eigenvalue weighted by Gasteiger charge is 2.08. The topological polar surface area (TPSA) is 21.3 Å². The highest BCUT2D eigenvalue weighted by molar-refractivity contribution is 5.73. The number of nitrogens with one attached hydrogen (secondary N) is 1. The van der Waals surface area contributed by atoms with Crippen molar-refractivity contribution in [2.45, 2.75) is 33.4 Å². The molecular formula is C18H23NO. The minimum Gasteiger partial charge on any atom is -0.496 e. The average molecular weight is 269 g/mol. The van der Waals surface area contributed by atoms with Gasteiger partial charge >= 0.3 is 0 Å². The number of hydrogen-bond acceptors (Lipinski definition) is 2. The summed E-state index contributed by atoms with van der Waals surface area (Å²) in [6.07, 6.45) is 0. The Bertz CT molecular complexity index is 575. The van der Waals surface area contributed by atoms with Crippen molar-refractivity contribution in [1.82, 2.24) is 5.32 Å². The van der Waals surface area contributed by atoms with Gasteiger partial charge in [-0.1, -0.05) is 44.2 Å². The van der Waals surface area contributed by atoms with E-state index in [4.69, 9.17) is 4.74 Å². The lowest BCUT2D eigenvalue weighted by atomic mass is 9.97. The molecule has 0 amide bonds. The highest BCUT2D eigenvalue weighted by atomic mass is 16.5. The van der Waals surface area contributed by atoms with Gasteiger partial charge in [-0.2, -0.15) is 0 Å². The van der Waals surface area contributed by atoms with Crippen LogP contribution in [0.15, 0.2) is 42.5 Å². The lowest BCUT2D eigenvalue weighted by molar-refractivity contribution is 0.416. The molecule has 0 heterocycles. The Morgan fingerprint density at radius 1 is 1.05 bits per heavy atom. The first-order valence-electron chi connectivity index (χ1n) is 7.08. The van der Waals surface area contributed by atoms with E-state index in [2.05, 4.69) is 56.4 Å². The van der Waals surface area contributed by atoms with Crippen LogP contribution in [-0.2, 0) is 6.54 Å². The molecule has 0 aromatic heterocycles. The number of rotatable bonds is 5. The van der Waals surface area contributed by atoms with Crippen LogP contribution in [0.4, 0.5) is 0 Å². The number of hydrogen-bond donors (Lipinski definition) is 1. The molecular weight excluding hydrogens is 246 g/mol. The second kappa shape index (κ2) is 6.58. The Morgan fingerprint density at radius 3 is 2.50 bits per heavy atom. The third-order valence-electron chi connectivity index (χ3n) is 3.41. The molecule has 0 unspecified atom stereocenters. The maximum Gasteiger partial charge on any atom is 0.126 e. The van der Waals surface area contributed by atoms with Crippen LogP contribution < -0.4 is 10.1 Å². The first-order chi connectivity index (χ1) is 9.61. The van der Waals surface area contributed by atoms with E-state index in [-0.39, 0.29) is 0 Å². The molecule has 0 spiro atoms. The molecule has 0 fully saturated rings. The summed E-state index contributed by atoms with van der Waals surface area (Å²) in [5.41, 5.74) is 4.96. The number of para-hydroxylation sites is 1. The summed E-state index contributed by atoms with van der Waals surface area (Å²) in [4.78, 5) is 0. The normalized spacial score (nSPS) is 10.8. The van der Waals surface area contributed by atoms with E-state index in [0.29, 0.717) is 6.04 Å². The van der Waals surface area contributed by atoms with Crippen LogP contribution in [0.25, 0.3) is 11.1 Å². The molecule has 2 aromatic rings. The summed E-state index contributed by atoms with van der Waals surface area (Å²) in [6.45, 7) is 7.35. The molecule has 0 saturated carbocycles. The summed E-state index contributed by atoms with van der Waals surface area (Å²) >= 11 is 0. The van der Waals surface area contributed by atoms with Crippen molar-refractivity contribution < 1.29 is 4.74 Å². The van der Waals surface area contributed by atoms with Gasteiger partial charge in [0.05, 0.1) is 7.11 Å². The first-order valence-corrected chi connectivity index (χ1v) is 7.08. The van der Waals surface area contributed by atoms with E-state index in [1.807, 2.05) is 12.1 Å². The van der Waals surface area contributed by atoms with Crippen molar-refractivity contribution in [3.8, 4) is 16.9 Å². The van der Waals surface area contributed by atoms with Crippen molar-refractivity contribution in [2.75, 3.05) is 7.11 Å². The van der Waals surface area contributed by atoms with Crippen LogP contribution in [0, 0.1) is 6.92 Å². The van der Waals surface area contributed by atoms with E-state index in [1.165, 1.54) is 16.7 Å². The lowest BCUT2D eigenvalue weighted by Gasteiger charge is -2.14. The maximum absolute atomic E-state index is 5.48. The lowest BCUT2D eigenvalue weighted by Crippen LogP contribution is -2.21. The maximum atomic E-state index is 5.48. The molecule has 106 valence electrons. The SMILES string of the molecule is COc1ccccc1-c1cc(CNC(C)C)ccc1C. The van der Waals surface area contributed by atoms with E-state index < -0.39 is 0 Å². The predicted octanol–water partition coefficient (Wildman–Crippen LogP) is 4.17. The Hall–Kier alpha value is -1.80. The Morgan fingerprint density at radius 2 is 1.80 bits per heavy atom. The minimum absolute atomic E-state index is 0.492. The quantitative estimate of drug-likeness (QED) is 0.879. The van der Waals surface area contributed by atoms with Crippen LogP contribution in [0.3, 0.4) is 0 Å². The molecule has 0 aliphatic carbocycles. The van der Waals surface area contributed by atoms with E-state index in [1.54, 1.807) is 7.11 Å². The standard InChI is InChI=1S/C18H23NO/c1-13(2)19-12-15-10-9-14(3)17(11-15)16-7-5-6-8-18(16)20-4/h5-11,13,19H,12H2,1-4H3. The van der Waals surface area contributed by atoms with Crippen molar-refractivity contribution in [1.29, 1.82) is 0 Å². The average Bonchev–Trinajstić information content (AvgIpc) is 2.46. The molecule has 1 N–H and O–H groups in total. The Kier molecular flexibility index (Phi) is 4.80. The molecule has 2 nitrogen and oxygen atoms in total. The fraction of sp³-hybridized carbons (Fsp3) is 0.333. The van der Waals surface area contributed by atoms with Gasteiger partial charge in [0.25, 0.3) is 0 Å². The fourth-order valence-electron chi connectivity index (χ4n) is 2.26. The van der Waals surface area contributed by atoms with Crippen molar-refractivity contribution in [2.24, 2.45) is 0 Å². The molecule has 0 aliphatic rings.